The van der Waals surface area contributed by atoms with Gasteiger partial charge in [0.15, 0.2) is 12.0 Å². The fourth-order valence-electron chi connectivity index (χ4n) is 4.09. The van der Waals surface area contributed by atoms with Gasteiger partial charge in [-0.3, -0.25) is 4.99 Å². The molecule has 1 saturated heterocycles. The highest BCUT2D eigenvalue weighted by molar-refractivity contribution is 6.29. The zero-order valence-corrected chi connectivity index (χ0v) is 18.4. The van der Waals surface area contributed by atoms with Gasteiger partial charge in [-0.15, -0.1) is 0 Å². The molecule has 2 aromatic rings. The van der Waals surface area contributed by atoms with Crippen LogP contribution < -0.4 is 10.2 Å². The molecule has 1 aromatic heterocycles. The summed E-state index contributed by atoms with van der Waals surface area (Å²) in [6, 6.07) is 12.3. The van der Waals surface area contributed by atoms with Crippen molar-refractivity contribution in [2.45, 2.75) is 38.6 Å². The van der Waals surface area contributed by atoms with Gasteiger partial charge in [0.2, 0.25) is 0 Å². The van der Waals surface area contributed by atoms with Crippen molar-refractivity contribution >= 4 is 29.3 Å². The number of rotatable bonds is 6. The van der Waals surface area contributed by atoms with E-state index in [1.165, 1.54) is 6.21 Å². The van der Waals surface area contributed by atoms with Gasteiger partial charge >= 0.3 is 0 Å². The summed E-state index contributed by atoms with van der Waals surface area (Å²) >= 11 is 6.05. The maximum absolute atomic E-state index is 10.4. The average molecular weight is 439 g/mol. The summed E-state index contributed by atoms with van der Waals surface area (Å²) in [5.41, 5.74) is 3.64. The summed E-state index contributed by atoms with van der Waals surface area (Å²) in [4.78, 5) is 12.9. The molecule has 1 aromatic carbocycles. The highest BCUT2D eigenvalue weighted by atomic mass is 35.5. The fourth-order valence-corrected chi connectivity index (χ4v) is 4.24. The molecule has 1 atom stereocenters. The van der Waals surface area contributed by atoms with E-state index in [0.29, 0.717) is 23.6 Å². The molecular formula is C23H27ClN6O. The molecule has 0 spiro atoms. The molecule has 162 valence electrons. The van der Waals surface area contributed by atoms with Crippen LogP contribution in [0.15, 0.2) is 35.3 Å². The van der Waals surface area contributed by atoms with Crippen molar-refractivity contribution in [1.29, 1.82) is 5.26 Å². The molecule has 0 saturated carbocycles. The number of halogens is 1. The third kappa shape index (κ3) is 5.23. The van der Waals surface area contributed by atoms with Gasteiger partial charge in [-0.2, -0.15) is 5.26 Å². The first-order valence-electron chi connectivity index (χ1n) is 10.6. The van der Waals surface area contributed by atoms with Crippen LogP contribution in [0.3, 0.4) is 0 Å². The Kier molecular flexibility index (Phi) is 6.83. The van der Waals surface area contributed by atoms with Crippen molar-refractivity contribution in [1.82, 2.24) is 15.2 Å². The van der Waals surface area contributed by atoms with Crippen molar-refractivity contribution in [2.75, 3.05) is 31.1 Å². The Bertz CT molecular complexity index is 996. The number of hydrogen-bond donors (Lipinski definition) is 2. The molecule has 3 heterocycles. The van der Waals surface area contributed by atoms with Crippen molar-refractivity contribution in [3.05, 3.63) is 52.2 Å². The molecule has 0 bridgehead atoms. The number of fused-ring (bicyclic) bond motifs is 1. The van der Waals surface area contributed by atoms with Gasteiger partial charge in [-0.25, -0.2) is 4.98 Å². The number of aliphatic imine (C=N–C) groups is 1. The van der Waals surface area contributed by atoms with E-state index in [1.807, 2.05) is 30.0 Å². The minimum Gasteiger partial charge on any atom is -0.368 e. The van der Waals surface area contributed by atoms with Gasteiger partial charge in [-0.05, 0) is 62.2 Å². The smallest absolute Gasteiger partial charge is 0.164 e. The van der Waals surface area contributed by atoms with Gasteiger partial charge < -0.3 is 20.2 Å². The summed E-state index contributed by atoms with van der Waals surface area (Å²) in [7, 11) is 0. The SMILES string of the molecule is Cc1ccc(CNC2CCN(CCN3c4nc(Cl)ccc4N=CC3O)CC2)cc1C#N. The fraction of sp³-hybridized carbons (Fsp3) is 0.435. The molecule has 2 aliphatic heterocycles. The molecule has 8 heteroatoms. The van der Waals surface area contributed by atoms with Crippen LogP contribution in [0.1, 0.15) is 29.5 Å². The van der Waals surface area contributed by atoms with Crippen LogP contribution >= 0.6 is 11.6 Å². The van der Waals surface area contributed by atoms with E-state index in [0.717, 1.165) is 61.4 Å². The Morgan fingerprint density at radius 1 is 1.23 bits per heavy atom. The van der Waals surface area contributed by atoms with E-state index in [9.17, 15) is 10.4 Å². The Balaban J connectivity index is 1.25. The molecule has 7 nitrogen and oxygen atoms in total. The van der Waals surface area contributed by atoms with Gasteiger partial charge in [0.25, 0.3) is 0 Å². The molecule has 4 rings (SSSR count). The quantitative estimate of drug-likeness (QED) is 0.674. The topological polar surface area (TPSA) is 87.8 Å². The predicted molar refractivity (Wildman–Crippen MR) is 123 cm³/mol. The van der Waals surface area contributed by atoms with Gasteiger partial charge in [0.1, 0.15) is 10.8 Å². The number of aliphatic hydroxyl groups excluding tert-OH is 1. The lowest BCUT2D eigenvalue weighted by Gasteiger charge is -2.36. The molecule has 2 aliphatic rings. The summed E-state index contributed by atoms with van der Waals surface area (Å²) in [5, 5.41) is 23.6. The zero-order valence-electron chi connectivity index (χ0n) is 17.6. The number of hydrogen-bond acceptors (Lipinski definition) is 7. The van der Waals surface area contributed by atoms with Gasteiger partial charge in [0, 0.05) is 25.7 Å². The Hall–Kier alpha value is -2.50. The zero-order chi connectivity index (χ0) is 21.8. The van der Waals surface area contributed by atoms with Gasteiger partial charge in [0.05, 0.1) is 17.8 Å². The van der Waals surface area contributed by atoms with Crippen LogP contribution in [0.25, 0.3) is 0 Å². The minimum absolute atomic E-state index is 0.399. The number of aliphatic hydroxyl groups is 1. The number of anilines is 1. The molecule has 0 aliphatic carbocycles. The summed E-state index contributed by atoms with van der Waals surface area (Å²) in [6.45, 7) is 6.25. The largest absolute Gasteiger partial charge is 0.368 e. The lowest BCUT2D eigenvalue weighted by molar-refractivity contribution is 0.187. The Labute approximate surface area is 188 Å². The maximum Gasteiger partial charge on any atom is 0.164 e. The second kappa shape index (κ2) is 9.75. The maximum atomic E-state index is 10.4. The number of aromatic nitrogens is 1. The molecular weight excluding hydrogens is 412 g/mol. The lowest BCUT2D eigenvalue weighted by atomic mass is 10.0. The molecule has 31 heavy (non-hydrogen) atoms. The van der Waals surface area contributed by atoms with E-state index in [-0.39, 0.29) is 0 Å². The van der Waals surface area contributed by atoms with Gasteiger partial charge in [-0.1, -0.05) is 23.7 Å². The molecule has 0 radical (unpaired) electrons. The second-order valence-electron chi connectivity index (χ2n) is 8.12. The minimum atomic E-state index is -0.787. The van der Waals surface area contributed by atoms with Crippen LogP contribution in [0.4, 0.5) is 11.5 Å². The highest BCUT2D eigenvalue weighted by Crippen LogP contribution is 2.31. The summed E-state index contributed by atoms with van der Waals surface area (Å²) in [6.07, 6.45) is 2.89. The van der Waals surface area contributed by atoms with Crippen LogP contribution in [0.5, 0.6) is 0 Å². The molecule has 1 fully saturated rings. The molecule has 1 unspecified atom stereocenters. The normalized spacial score (nSPS) is 19.3. The first-order valence-corrected chi connectivity index (χ1v) is 11.0. The summed E-state index contributed by atoms with van der Waals surface area (Å²) in [5.74, 6) is 0.633. The van der Waals surface area contributed by atoms with Crippen LogP contribution in [-0.4, -0.2) is 59.7 Å². The number of benzene rings is 1. The third-order valence-corrected chi connectivity index (χ3v) is 6.23. The molecule has 0 amide bonds. The predicted octanol–water partition coefficient (Wildman–Crippen LogP) is 3.01. The molecule has 2 N–H and O–H groups in total. The van der Waals surface area contributed by atoms with Crippen molar-refractivity contribution in [3.8, 4) is 6.07 Å². The second-order valence-corrected chi connectivity index (χ2v) is 8.51. The van der Waals surface area contributed by atoms with Crippen molar-refractivity contribution < 1.29 is 5.11 Å². The monoisotopic (exact) mass is 438 g/mol. The number of nitrogens with one attached hydrogen (secondary N) is 1. The number of aryl methyl sites for hydroxylation is 1. The summed E-state index contributed by atoms with van der Waals surface area (Å²) < 4.78 is 0. The van der Waals surface area contributed by atoms with Crippen molar-refractivity contribution in [2.24, 2.45) is 4.99 Å². The van der Waals surface area contributed by atoms with Crippen molar-refractivity contribution in [3.63, 3.8) is 0 Å². The first kappa shape index (κ1) is 21.7. The van der Waals surface area contributed by atoms with Crippen LogP contribution in [0, 0.1) is 18.3 Å². The number of pyridine rings is 1. The first-order chi connectivity index (χ1) is 15.0. The Morgan fingerprint density at radius 3 is 2.81 bits per heavy atom. The number of piperidine rings is 1. The number of nitriles is 1. The third-order valence-electron chi connectivity index (χ3n) is 6.02. The average Bonchev–Trinajstić information content (AvgIpc) is 2.78. The van der Waals surface area contributed by atoms with E-state index >= 15 is 0 Å². The van der Waals surface area contributed by atoms with E-state index in [1.54, 1.807) is 6.07 Å². The van der Waals surface area contributed by atoms with E-state index in [4.69, 9.17) is 11.6 Å². The number of likely N-dealkylation sites (tertiary alicyclic amines) is 1. The number of nitrogens with zero attached hydrogens (tertiary/aromatic N) is 5. The lowest BCUT2D eigenvalue weighted by Crippen LogP contribution is -2.47. The van der Waals surface area contributed by atoms with E-state index < -0.39 is 6.23 Å². The van der Waals surface area contributed by atoms with Crippen LogP contribution in [-0.2, 0) is 6.54 Å². The Morgan fingerprint density at radius 2 is 2.03 bits per heavy atom. The van der Waals surface area contributed by atoms with Crippen LogP contribution in [0.2, 0.25) is 5.15 Å². The van der Waals surface area contributed by atoms with E-state index in [2.05, 4.69) is 32.3 Å². The standard InChI is InChI=1S/C23H27ClN6O/c1-16-2-3-17(12-18(16)13-25)14-26-19-6-8-29(9-7-19)10-11-30-22(31)15-27-20-4-5-21(24)28-23(20)30/h2-5,12,15,19,22,26,31H,6-11,14H2,1H3. The highest BCUT2D eigenvalue weighted by Gasteiger charge is 2.25.